The van der Waals surface area contributed by atoms with E-state index in [1.54, 1.807) is 19.1 Å². The first-order valence-electron chi connectivity index (χ1n) is 7.27. The molecule has 3 rings (SSSR count). The number of hydrogen-bond acceptors (Lipinski definition) is 4. The van der Waals surface area contributed by atoms with E-state index in [2.05, 4.69) is 36.3 Å². The molecule has 0 saturated carbocycles. The van der Waals surface area contributed by atoms with Crippen LogP contribution in [0.5, 0.6) is 0 Å². The van der Waals surface area contributed by atoms with Crippen molar-refractivity contribution in [1.82, 2.24) is 19.7 Å². The standard InChI is InChI=1S/C16H11BrF3N5O/c1-9-12(15(26)24-11-3-4-13(17)21-7-11)8-23-25(9)14-5-2-10(6-22-14)16(18,19)20/h2-8H,1H3,(H,24,26). The summed E-state index contributed by atoms with van der Waals surface area (Å²) < 4.78 is 39.8. The summed E-state index contributed by atoms with van der Waals surface area (Å²) in [6, 6.07) is 5.46. The maximum atomic E-state index is 12.6. The van der Waals surface area contributed by atoms with Crippen molar-refractivity contribution in [2.24, 2.45) is 0 Å². The second-order valence-electron chi connectivity index (χ2n) is 5.28. The largest absolute Gasteiger partial charge is 0.417 e. The molecule has 0 radical (unpaired) electrons. The summed E-state index contributed by atoms with van der Waals surface area (Å²) in [6.07, 6.45) is -0.923. The number of nitrogens with zero attached hydrogens (tertiary/aromatic N) is 4. The molecule has 1 amide bonds. The molecule has 0 aliphatic carbocycles. The normalized spacial score (nSPS) is 11.4. The molecule has 3 aromatic rings. The minimum Gasteiger partial charge on any atom is -0.320 e. The molecular weight excluding hydrogens is 415 g/mol. The third kappa shape index (κ3) is 3.74. The number of amides is 1. The van der Waals surface area contributed by atoms with Crippen molar-refractivity contribution in [2.45, 2.75) is 13.1 Å². The average Bonchev–Trinajstić information content (AvgIpc) is 2.98. The lowest BCUT2D eigenvalue weighted by molar-refractivity contribution is -0.137. The van der Waals surface area contributed by atoms with Gasteiger partial charge >= 0.3 is 6.18 Å². The van der Waals surface area contributed by atoms with Gasteiger partial charge in [0.25, 0.3) is 5.91 Å². The van der Waals surface area contributed by atoms with Gasteiger partial charge in [0.05, 0.1) is 34.9 Å². The van der Waals surface area contributed by atoms with E-state index in [4.69, 9.17) is 0 Å². The van der Waals surface area contributed by atoms with Gasteiger partial charge in [0.15, 0.2) is 5.82 Å². The first-order chi connectivity index (χ1) is 12.3. The van der Waals surface area contributed by atoms with E-state index in [0.29, 0.717) is 16.0 Å². The second kappa shape index (κ2) is 6.87. The van der Waals surface area contributed by atoms with Crippen LogP contribution in [0.25, 0.3) is 5.82 Å². The van der Waals surface area contributed by atoms with Crippen LogP contribution in [0.1, 0.15) is 21.6 Å². The second-order valence-corrected chi connectivity index (χ2v) is 6.09. The molecule has 0 atom stereocenters. The molecule has 0 saturated heterocycles. The smallest absolute Gasteiger partial charge is 0.320 e. The van der Waals surface area contributed by atoms with Crippen LogP contribution >= 0.6 is 15.9 Å². The molecule has 0 fully saturated rings. The third-order valence-electron chi connectivity index (χ3n) is 3.53. The van der Waals surface area contributed by atoms with Crippen molar-refractivity contribution in [2.75, 3.05) is 5.32 Å². The first-order valence-corrected chi connectivity index (χ1v) is 8.06. The molecule has 0 aromatic carbocycles. The third-order valence-corrected chi connectivity index (χ3v) is 4.00. The van der Waals surface area contributed by atoms with Gasteiger partial charge in [0, 0.05) is 6.20 Å². The van der Waals surface area contributed by atoms with E-state index in [-0.39, 0.29) is 11.4 Å². The highest BCUT2D eigenvalue weighted by atomic mass is 79.9. The minimum absolute atomic E-state index is 0.180. The number of rotatable bonds is 3. The number of hydrogen-bond donors (Lipinski definition) is 1. The van der Waals surface area contributed by atoms with Crippen LogP contribution in [0, 0.1) is 6.92 Å². The molecule has 3 heterocycles. The number of halogens is 4. The Morgan fingerprint density at radius 3 is 2.46 bits per heavy atom. The summed E-state index contributed by atoms with van der Waals surface area (Å²) in [7, 11) is 0. The van der Waals surface area contributed by atoms with Crippen LogP contribution in [0.15, 0.2) is 47.5 Å². The summed E-state index contributed by atoms with van der Waals surface area (Å²) in [5.74, 6) is -0.232. The number of pyridine rings is 2. The average molecular weight is 426 g/mol. The molecule has 0 aliphatic rings. The van der Waals surface area contributed by atoms with E-state index in [1.807, 2.05) is 0 Å². The van der Waals surface area contributed by atoms with Gasteiger partial charge in [0.2, 0.25) is 0 Å². The Bertz CT molecular complexity index is 936. The Labute approximate surface area is 154 Å². The highest BCUT2D eigenvalue weighted by Gasteiger charge is 2.30. The first kappa shape index (κ1) is 18.1. The predicted molar refractivity (Wildman–Crippen MR) is 91.0 cm³/mol. The lowest BCUT2D eigenvalue weighted by Crippen LogP contribution is -2.13. The van der Waals surface area contributed by atoms with E-state index in [0.717, 1.165) is 12.3 Å². The van der Waals surface area contributed by atoms with Crippen LogP contribution in [0.2, 0.25) is 0 Å². The van der Waals surface area contributed by atoms with Crippen LogP contribution in [0.4, 0.5) is 18.9 Å². The highest BCUT2D eigenvalue weighted by Crippen LogP contribution is 2.28. The number of nitrogens with one attached hydrogen (secondary N) is 1. The summed E-state index contributed by atoms with van der Waals surface area (Å²) in [5.41, 5.74) is 0.360. The molecule has 134 valence electrons. The van der Waals surface area contributed by atoms with E-state index in [1.165, 1.54) is 23.1 Å². The molecule has 10 heteroatoms. The summed E-state index contributed by atoms with van der Waals surface area (Å²) in [4.78, 5) is 20.2. The number of anilines is 1. The zero-order chi connectivity index (χ0) is 18.9. The topological polar surface area (TPSA) is 72.7 Å². The van der Waals surface area contributed by atoms with Crippen LogP contribution in [-0.2, 0) is 6.18 Å². The van der Waals surface area contributed by atoms with Gasteiger partial charge in [-0.05, 0) is 47.1 Å². The molecule has 0 spiro atoms. The van der Waals surface area contributed by atoms with E-state index >= 15 is 0 Å². The van der Waals surface area contributed by atoms with Gasteiger partial charge in [-0.2, -0.15) is 18.3 Å². The Kier molecular flexibility index (Phi) is 4.77. The van der Waals surface area contributed by atoms with E-state index in [9.17, 15) is 18.0 Å². The van der Waals surface area contributed by atoms with Crippen molar-refractivity contribution in [1.29, 1.82) is 0 Å². The zero-order valence-corrected chi connectivity index (χ0v) is 14.8. The Morgan fingerprint density at radius 1 is 1.12 bits per heavy atom. The number of alkyl halides is 3. The van der Waals surface area contributed by atoms with Gasteiger partial charge in [0.1, 0.15) is 4.60 Å². The number of carbonyl (C=O) groups is 1. The molecular formula is C16H11BrF3N5O. The fraction of sp³-hybridized carbons (Fsp3) is 0.125. The van der Waals surface area contributed by atoms with Crippen molar-refractivity contribution in [3.05, 3.63) is 64.3 Å². The highest BCUT2D eigenvalue weighted by molar-refractivity contribution is 9.10. The lowest BCUT2D eigenvalue weighted by atomic mass is 10.2. The van der Waals surface area contributed by atoms with E-state index < -0.39 is 17.6 Å². The molecule has 6 nitrogen and oxygen atoms in total. The van der Waals surface area contributed by atoms with Gasteiger partial charge in [-0.1, -0.05) is 0 Å². The maximum absolute atomic E-state index is 12.6. The summed E-state index contributed by atoms with van der Waals surface area (Å²) in [6.45, 7) is 1.63. The van der Waals surface area contributed by atoms with Crippen LogP contribution < -0.4 is 5.32 Å². The van der Waals surface area contributed by atoms with Gasteiger partial charge in [-0.15, -0.1) is 0 Å². The fourth-order valence-electron chi connectivity index (χ4n) is 2.19. The van der Waals surface area contributed by atoms with Crippen molar-refractivity contribution >= 4 is 27.5 Å². The van der Waals surface area contributed by atoms with Gasteiger partial charge in [-0.3, -0.25) is 4.79 Å². The quantitative estimate of drug-likeness (QED) is 0.643. The molecule has 3 aromatic heterocycles. The van der Waals surface area contributed by atoms with Crippen molar-refractivity contribution < 1.29 is 18.0 Å². The summed E-state index contributed by atoms with van der Waals surface area (Å²) >= 11 is 3.20. The van der Waals surface area contributed by atoms with Crippen LogP contribution in [-0.4, -0.2) is 25.7 Å². The summed E-state index contributed by atoms with van der Waals surface area (Å²) in [5, 5.41) is 6.72. The van der Waals surface area contributed by atoms with Crippen molar-refractivity contribution in [3.8, 4) is 5.82 Å². The SMILES string of the molecule is Cc1c(C(=O)Nc2ccc(Br)nc2)cnn1-c1ccc(C(F)(F)F)cn1. The van der Waals surface area contributed by atoms with Gasteiger partial charge in [-0.25, -0.2) is 14.6 Å². The molecule has 0 bridgehead atoms. The molecule has 26 heavy (non-hydrogen) atoms. The Balaban J connectivity index is 1.83. The number of aromatic nitrogens is 4. The minimum atomic E-state index is -4.46. The maximum Gasteiger partial charge on any atom is 0.417 e. The fourth-order valence-corrected chi connectivity index (χ4v) is 2.43. The molecule has 0 aliphatic heterocycles. The van der Waals surface area contributed by atoms with Crippen molar-refractivity contribution in [3.63, 3.8) is 0 Å². The Morgan fingerprint density at radius 2 is 1.88 bits per heavy atom. The van der Waals surface area contributed by atoms with Crippen LogP contribution in [0.3, 0.4) is 0 Å². The monoisotopic (exact) mass is 425 g/mol. The zero-order valence-electron chi connectivity index (χ0n) is 13.3. The number of carbonyl (C=O) groups excluding carboxylic acids is 1. The lowest BCUT2D eigenvalue weighted by Gasteiger charge is -2.08. The molecule has 0 unspecified atom stereocenters. The molecule has 1 N–H and O–H groups in total. The predicted octanol–water partition coefficient (Wildman–Crippen LogP) is 4.00. The Hall–Kier alpha value is -2.75. The van der Waals surface area contributed by atoms with Gasteiger partial charge < -0.3 is 5.32 Å².